The molecule has 1 aliphatic heterocycles. The summed E-state index contributed by atoms with van der Waals surface area (Å²) in [6.07, 6.45) is 0. The smallest absolute Gasteiger partial charge is 0.338 e. The highest BCUT2D eigenvalue weighted by Crippen LogP contribution is 2.42. The number of anilines is 2. The van der Waals surface area contributed by atoms with Crippen molar-refractivity contribution in [1.29, 1.82) is 10.5 Å². The van der Waals surface area contributed by atoms with Crippen LogP contribution in [0, 0.1) is 29.6 Å². The predicted octanol–water partition coefficient (Wildman–Crippen LogP) is 2.11. The third-order valence-corrected chi connectivity index (χ3v) is 4.81. The largest absolute Gasteiger partial charge is 0.463 e. The minimum absolute atomic E-state index is 0.185. The number of aromatic amines is 1. The lowest BCUT2D eigenvalue weighted by Crippen LogP contribution is -2.30. The van der Waals surface area contributed by atoms with Crippen molar-refractivity contribution in [3.05, 3.63) is 52.5 Å². The van der Waals surface area contributed by atoms with Gasteiger partial charge in [0.05, 0.1) is 18.1 Å². The molecule has 0 aliphatic carbocycles. The van der Waals surface area contributed by atoms with Gasteiger partial charge < -0.3 is 15.0 Å². The average Bonchev–Trinajstić information content (AvgIpc) is 3.14. The van der Waals surface area contributed by atoms with Crippen LogP contribution >= 0.6 is 0 Å². The highest BCUT2D eigenvalue weighted by Gasteiger charge is 2.37. The van der Waals surface area contributed by atoms with Crippen LogP contribution in [-0.2, 0) is 9.53 Å². The van der Waals surface area contributed by atoms with Crippen molar-refractivity contribution < 1.29 is 9.53 Å². The first-order chi connectivity index (χ1) is 14.9. The lowest BCUT2D eigenvalue weighted by Gasteiger charge is -2.28. The van der Waals surface area contributed by atoms with E-state index in [1.54, 1.807) is 19.1 Å². The van der Waals surface area contributed by atoms with Crippen molar-refractivity contribution in [3.63, 3.8) is 0 Å². The van der Waals surface area contributed by atoms with Crippen molar-refractivity contribution >= 4 is 23.2 Å². The van der Waals surface area contributed by atoms with Gasteiger partial charge >= 0.3 is 5.97 Å². The van der Waals surface area contributed by atoms with Crippen LogP contribution in [0.2, 0.25) is 0 Å². The lowest BCUT2D eigenvalue weighted by molar-refractivity contribution is -0.138. The Morgan fingerprint density at radius 1 is 1.29 bits per heavy atom. The number of esters is 1. The van der Waals surface area contributed by atoms with Crippen LogP contribution in [0.3, 0.4) is 0 Å². The Labute approximate surface area is 179 Å². The number of nitrogens with one attached hydrogen (secondary N) is 3. The van der Waals surface area contributed by atoms with E-state index in [4.69, 9.17) is 15.3 Å². The summed E-state index contributed by atoms with van der Waals surface area (Å²) in [4.78, 5) is 15.0. The summed E-state index contributed by atoms with van der Waals surface area (Å²) in [5, 5.41) is 32.0. The number of aryl methyl sites for hydroxylation is 1. The molecule has 1 aliphatic rings. The maximum atomic E-state index is 13.0. The summed E-state index contributed by atoms with van der Waals surface area (Å²) >= 11 is 0. The summed E-state index contributed by atoms with van der Waals surface area (Å²) in [5.41, 5.74) is 5.99. The Morgan fingerprint density at radius 2 is 1.97 bits per heavy atom. The number of carbonyl (C=O) groups is 1. The highest BCUT2D eigenvalue weighted by atomic mass is 16.5. The molecule has 0 saturated heterocycles. The van der Waals surface area contributed by atoms with Crippen molar-refractivity contribution in [1.82, 2.24) is 15.6 Å². The summed E-state index contributed by atoms with van der Waals surface area (Å²) in [5.74, 6) is -0.339. The number of ether oxygens (including phenoxy) is 1. The van der Waals surface area contributed by atoms with Gasteiger partial charge in [0.15, 0.2) is 5.82 Å². The molecule has 0 spiro atoms. The van der Waals surface area contributed by atoms with Gasteiger partial charge in [-0.3, -0.25) is 10.5 Å². The van der Waals surface area contributed by atoms with Gasteiger partial charge in [-0.15, -0.1) is 0 Å². The van der Waals surface area contributed by atoms with Crippen LogP contribution in [0.1, 0.15) is 29.7 Å². The molecular weight excluding hydrogens is 396 g/mol. The number of nitriles is 2. The van der Waals surface area contributed by atoms with Crippen molar-refractivity contribution in [2.45, 2.75) is 19.8 Å². The van der Waals surface area contributed by atoms with E-state index >= 15 is 0 Å². The number of hydrogen-bond donors (Lipinski definition) is 3. The summed E-state index contributed by atoms with van der Waals surface area (Å²) < 4.78 is 5.32. The van der Waals surface area contributed by atoms with E-state index in [-0.39, 0.29) is 23.7 Å². The minimum Gasteiger partial charge on any atom is -0.463 e. The first-order valence-electron chi connectivity index (χ1n) is 9.55. The number of rotatable bonds is 6. The van der Waals surface area contributed by atoms with E-state index in [0.29, 0.717) is 5.82 Å². The number of nitrogens with zero attached hydrogens (tertiary/aromatic N) is 5. The zero-order valence-electron chi connectivity index (χ0n) is 17.6. The molecule has 0 radical (unpaired) electrons. The number of fused-ring (bicyclic) bond motifs is 1. The molecule has 10 nitrogen and oxygen atoms in total. The third kappa shape index (κ3) is 4.19. The Kier molecular flexibility index (Phi) is 6.22. The van der Waals surface area contributed by atoms with Crippen LogP contribution in [-0.4, -0.2) is 42.6 Å². The fraction of sp³-hybridized carbons (Fsp3) is 0.286. The predicted molar refractivity (Wildman–Crippen MR) is 115 cm³/mol. The van der Waals surface area contributed by atoms with E-state index in [0.717, 1.165) is 22.5 Å². The van der Waals surface area contributed by atoms with E-state index in [2.05, 4.69) is 26.0 Å². The molecule has 0 bridgehead atoms. The Morgan fingerprint density at radius 3 is 2.55 bits per heavy atom. The fourth-order valence-corrected chi connectivity index (χ4v) is 3.36. The van der Waals surface area contributed by atoms with Crippen LogP contribution in [0.15, 0.2) is 40.8 Å². The van der Waals surface area contributed by atoms with E-state index in [1.165, 1.54) is 0 Å². The SMILES string of the molecule is CCOC(=O)C1=C(NN=C(C#N)C#N)Nc2n[nH]c(C)c2C1c1ccc(N(C)C)cc1. The number of H-pyrrole nitrogens is 1. The van der Waals surface area contributed by atoms with Crippen LogP contribution in [0.5, 0.6) is 0 Å². The Hall–Kier alpha value is -4.31. The molecule has 1 atom stereocenters. The van der Waals surface area contributed by atoms with Gasteiger partial charge in [0.25, 0.3) is 0 Å². The van der Waals surface area contributed by atoms with E-state index < -0.39 is 11.9 Å². The minimum atomic E-state index is -0.545. The molecule has 1 aromatic carbocycles. The number of aromatic nitrogens is 2. The van der Waals surface area contributed by atoms with Gasteiger partial charge in [-0.2, -0.15) is 20.7 Å². The third-order valence-electron chi connectivity index (χ3n) is 4.81. The Balaban J connectivity index is 2.19. The second-order valence-electron chi connectivity index (χ2n) is 6.96. The normalized spacial score (nSPS) is 14.5. The first-order valence-corrected chi connectivity index (χ1v) is 9.55. The van der Waals surface area contributed by atoms with Crippen LogP contribution < -0.4 is 15.6 Å². The molecule has 2 heterocycles. The van der Waals surface area contributed by atoms with Gasteiger partial charge in [-0.05, 0) is 31.5 Å². The maximum absolute atomic E-state index is 13.0. The molecule has 2 aromatic rings. The lowest BCUT2D eigenvalue weighted by atomic mass is 9.82. The zero-order chi connectivity index (χ0) is 22.5. The number of benzene rings is 1. The maximum Gasteiger partial charge on any atom is 0.338 e. The molecule has 1 aromatic heterocycles. The molecule has 0 fully saturated rings. The summed E-state index contributed by atoms with van der Waals surface area (Å²) in [6, 6.07) is 11.2. The quantitative estimate of drug-likeness (QED) is 0.368. The van der Waals surface area contributed by atoms with Gasteiger partial charge in [0, 0.05) is 31.0 Å². The van der Waals surface area contributed by atoms with Crippen LogP contribution in [0.25, 0.3) is 0 Å². The zero-order valence-corrected chi connectivity index (χ0v) is 17.6. The standard InChI is InChI=1S/C21H22N8O2/c1-5-31-21(30)18-17(13-6-8-15(9-7-13)29(3)4)16-12(2)25-27-19(16)24-20(18)28-26-14(10-22)11-23/h6-9,17,28H,5H2,1-4H3,(H2,24,25,27). The number of hydrazone groups is 1. The van der Waals surface area contributed by atoms with Gasteiger partial charge in [0.2, 0.25) is 5.71 Å². The highest BCUT2D eigenvalue weighted by molar-refractivity contribution is 6.10. The van der Waals surface area contributed by atoms with Crippen molar-refractivity contribution in [2.75, 3.05) is 30.9 Å². The summed E-state index contributed by atoms with van der Waals surface area (Å²) in [7, 11) is 3.90. The number of hydrogen-bond acceptors (Lipinski definition) is 9. The van der Waals surface area contributed by atoms with Crippen LogP contribution in [0.4, 0.5) is 11.5 Å². The van der Waals surface area contributed by atoms with Gasteiger partial charge in [-0.1, -0.05) is 12.1 Å². The molecule has 10 heteroatoms. The molecule has 3 rings (SSSR count). The molecule has 0 amide bonds. The topological polar surface area (TPSA) is 142 Å². The van der Waals surface area contributed by atoms with Crippen molar-refractivity contribution in [2.24, 2.45) is 5.10 Å². The Bertz CT molecular complexity index is 1110. The molecule has 158 valence electrons. The first kappa shape index (κ1) is 21.4. The molecule has 3 N–H and O–H groups in total. The van der Waals surface area contributed by atoms with E-state index in [9.17, 15) is 4.79 Å². The fourth-order valence-electron chi connectivity index (χ4n) is 3.36. The summed E-state index contributed by atoms with van der Waals surface area (Å²) in [6.45, 7) is 3.78. The molecule has 31 heavy (non-hydrogen) atoms. The molecule has 1 unspecified atom stereocenters. The average molecular weight is 418 g/mol. The number of carbonyl (C=O) groups excluding carboxylic acids is 1. The van der Waals surface area contributed by atoms with Gasteiger partial charge in [-0.25, -0.2) is 4.79 Å². The van der Waals surface area contributed by atoms with Crippen molar-refractivity contribution in [3.8, 4) is 12.1 Å². The molecular formula is C21H22N8O2. The second-order valence-corrected chi connectivity index (χ2v) is 6.96. The van der Waals surface area contributed by atoms with E-state index in [1.807, 2.05) is 50.2 Å². The molecule has 0 saturated carbocycles. The second kappa shape index (κ2) is 9.01. The monoisotopic (exact) mass is 418 g/mol. The van der Waals surface area contributed by atoms with Gasteiger partial charge in [0.1, 0.15) is 18.0 Å².